The number of ether oxygens (including phenoxy) is 1. The Kier molecular flexibility index (Phi) is 6.22. The highest BCUT2D eigenvalue weighted by Crippen LogP contribution is 2.22. The fraction of sp³-hybridized carbons (Fsp3) is 0.238. The van der Waals surface area contributed by atoms with Crippen LogP contribution in [0.5, 0.6) is 5.75 Å². The maximum Gasteiger partial charge on any atom is 0.317 e. The molecule has 0 fully saturated rings. The zero-order valence-corrected chi connectivity index (χ0v) is 15.1. The smallest absolute Gasteiger partial charge is 0.317 e. The number of nitrogens with zero attached hydrogens (tertiary/aromatic N) is 1. The second kappa shape index (κ2) is 9.00. The third-order valence-corrected chi connectivity index (χ3v) is 4.02. The van der Waals surface area contributed by atoms with Crippen LogP contribution in [0, 0.1) is 6.92 Å². The lowest BCUT2D eigenvalue weighted by Crippen LogP contribution is -2.21. The first-order valence-electron chi connectivity index (χ1n) is 8.78. The molecule has 0 atom stereocenters. The topological polar surface area (TPSA) is 84.6 Å². The minimum atomic E-state index is -0.875. The minimum Gasteiger partial charge on any atom is -0.493 e. The van der Waals surface area contributed by atoms with Gasteiger partial charge in [0.1, 0.15) is 11.5 Å². The van der Waals surface area contributed by atoms with Gasteiger partial charge in [0, 0.05) is 18.5 Å². The van der Waals surface area contributed by atoms with Crippen LogP contribution in [0.2, 0.25) is 0 Å². The maximum absolute atomic E-state index is 10.6. The molecule has 2 aromatic carbocycles. The number of oxazole rings is 1. The summed E-state index contributed by atoms with van der Waals surface area (Å²) in [4.78, 5) is 15.1. The van der Waals surface area contributed by atoms with Crippen LogP contribution in [0.3, 0.4) is 0 Å². The quantitative estimate of drug-likeness (QED) is 0.603. The summed E-state index contributed by atoms with van der Waals surface area (Å²) in [5.74, 6) is 1.29. The van der Waals surface area contributed by atoms with E-state index < -0.39 is 5.97 Å². The van der Waals surface area contributed by atoms with Crippen molar-refractivity contribution in [2.75, 3.05) is 13.2 Å². The van der Waals surface area contributed by atoms with Gasteiger partial charge in [0.05, 0.1) is 18.8 Å². The van der Waals surface area contributed by atoms with Gasteiger partial charge in [0.2, 0.25) is 5.89 Å². The van der Waals surface area contributed by atoms with Crippen molar-refractivity contribution < 1.29 is 19.1 Å². The van der Waals surface area contributed by atoms with Crippen LogP contribution < -0.4 is 10.1 Å². The number of carbonyl (C=O) groups is 1. The summed E-state index contributed by atoms with van der Waals surface area (Å²) in [6.45, 7) is 2.80. The highest BCUT2D eigenvalue weighted by Gasteiger charge is 2.11. The molecule has 140 valence electrons. The number of carboxylic acids is 1. The van der Waals surface area contributed by atoms with Crippen molar-refractivity contribution in [3.8, 4) is 17.2 Å². The van der Waals surface area contributed by atoms with Crippen molar-refractivity contribution in [2.24, 2.45) is 0 Å². The lowest BCUT2D eigenvalue weighted by atomic mass is 10.2. The number of hydrogen-bond acceptors (Lipinski definition) is 5. The van der Waals surface area contributed by atoms with Gasteiger partial charge in [-0.3, -0.25) is 4.79 Å². The first kappa shape index (κ1) is 18.7. The molecular weight excluding hydrogens is 344 g/mol. The molecule has 0 aliphatic rings. The Balaban J connectivity index is 1.54. The SMILES string of the molecule is Cc1oc(-c2ccccc2)nc1CCOc1cccc(CNCC(=O)O)c1. The third-order valence-electron chi connectivity index (χ3n) is 4.02. The molecule has 0 bridgehead atoms. The van der Waals surface area contributed by atoms with Crippen LogP contribution in [0.1, 0.15) is 17.0 Å². The molecule has 27 heavy (non-hydrogen) atoms. The molecule has 0 saturated heterocycles. The van der Waals surface area contributed by atoms with Crippen molar-refractivity contribution in [1.82, 2.24) is 10.3 Å². The lowest BCUT2D eigenvalue weighted by Gasteiger charge is -2.08. The van der Waals surface area contributed by atoms with E-state index in [4.69, 9.17) is 14.3 Å². The Labute approximate surface area is 157 Å². The number of rotatable bonds is 9. The van der Waals surface area contributed by atoms with Crippen LogP contribution in [0.25, 0.3) is 11.5 Å². The molecule has 1 heterocycles. The van der Waals surface area contributed by atoms with Gasteiger partial charge in [-0.25, -0.2) is 4.98 Å². The highest BCUT2D eigenvalue weighted by atomic mass is 16.5. The minimum absolute atomic E-state index is 0.0692. The second-order valence-electron chi connectivity index (χ2n) is 6.13. The van der Waals surface area contributed by atoms with E-state index in [9.17, 15) is 4.79 Å². The average molecular weight is 366 g/mol. The fourth-order valence-corrected chi connectivity index (χ4v) is 2.69. The molecule has 0 aliphatic heterocycles. The van der Waals surface area contributed by atoms with E-state index in [2.05, 4.69) is 10.3 Å². The average Bonchev–Trinajstić information content (AvgIpc) is 3.03. The van der Waals surface area contributed by atoms with Gasteiger partial charge in [-0.2, -0.15) is 0 Å². The summed E-state index contributed by atoms with van der Waals surface area (Å²) >= 11 is 0. The zero-order valence-electron chi connectivity index (χ0n) is 15.1. The first-order chi connectivity index (χ1) is 13.1. The summed E-state index contributed by atoms with van der Waals surface area (Å²) in [6.07, 6.45) is 0.643. The van der Waals surface area contributed by atoms with E-state index in [0.717, 1.165) is 28.3 Å². The molecule has 6 heteroatoms. The number of aryl methyl sites for hydroxylation is 1. The standard InChI is InChI=1S/C21H22N2O4/c1-15-19(23-21(27-15)17-7-3-2-4-8-17)10-11-26-18-9-5-6-16(12-18)13-22-14-20(24)25/h2-9,12,22H,10-11,13-14H2,1H3,(H,24,25). The Morgan fingerprint density at radius 2 is 2.00 bits per heavy atom. The largest absolute Gasteiger partial charge is 0.493 e. The van der Waals surface area contributed by atoms with Crippen LogP contribution in [-0.2, 0) is 17.8 Å². The van der Waals surface area contributed by atoms with Gasteiger partial charge < -0.3 is 19.6 Å². The van der Waals surface area contributed by atoms with E-state index in [1.807, 2.05) is 61.5 Å². The predicted octanol–water partition coefficient (Wildman–Crippen LogP) is 3.45. The number of nitrogens with one attached hydrogen (secondary N) is 1. The highest BCUT2D eigenvalue weighted by molar-refractivity contribution is 5.69. The monoisotopic (exact) mass is 366 g/mol. The van der Waals surface area contributed by atoms with Crippen molar-refractivity contribution in [1.29, 1.82) is 0 Å². The predicted molar refractivity (Wildman–Crippen MR) is 102 cm³/mol. The normalized spacial score (nSPS) is 10.7. The molecule has 0 amide bonds. The molecule has 0 saturated carbocycles. The molecule has 6 nitrogen and oxygen atoms in total. The van der Waals surface area contributed by atoms with Crippen molar-refractivity contribution in [3.05, 3.63) is 71.6 Å². The van der Waals surface area contributed by atoms with Gasteiger partial charge in [-0.05, 0) is 36.8 Å². The molecule has 0 radical (unpaired) electrons. The van der Waals surface area contributed by atoms with Gasteiger partial charge >= 0.3 is 5.97 Å². The number of aliphatic carboxylic acids is 1. The number of carboxylic acid groups (broad SMARTS) is 1. The van der Waals surface area contributed by atoms with Crippen LogP contribution >= 0.6 is 0 Å². The van der Waals surface area contributed by atoms with Crippen molar-refractivity contribution >= 4 is 5.97 Å². The van der Waals surface area contributed by atoms with Gasteiger partial charge in [0.15, 0.2) is 0 Å². The summed E-state index contributed by atoms with van der Waals surface area (Å²) in [6, 6.07) is 17.4. The van der Waals surface area contributed by atoms with E-state index in [-0.39, 0.29) is 6.54 Å². The Hall–Kier alpha value is -3.12. The van der Waals surface area contributed by atoms with Crippen LogP contribution in [-0.4, -0.2) is 29.2 Å². The number of benzene rings is 2. The number of hydrogen-bond donors (Lipinski definition) is 2. The van der Waals surface area contributed by atoms with Crippen LogP contribution in [0.4, 0.5) is 0 Å². The summed E-state index contributed by atoms with van der Waals surface area (Å²) in [7, 11) is 0. The lowest BCUT2D eigenvalue weighted by molar-refractivity contribution is -0.135. The Morgan fingerprint density at radius 3 is 2.78 bits per heavy atom. The van der Waals surface area contributed by atoms with E-state index in [1.54, 1.807) is 0 Å². The summed E-state index contributed by atoms with van der Waals surface area (Å²) < 4.78 is 11.6. The van der Waals surface area contributed by atoms with Gasteiger partial charge in [-0.15, -0.1) is 0 Å². The van der Waals surface area contributed by atoms with Gasteiger partial charge in [0.25, 0.3) is 0 Å². The first-order valence-corrected chi connectivity index (χ1v) is 8.78. The van der Waals surface area contributed by atoms with Crippen LogP contribution in [0.15, 0.2) is 59.0 Å². The molecule has 3 rings (SSSR count). The number of aromatic nitrogens is 1. The molecule has 0 aliphatic carbocycles. The van der Waals surface area contributed by atoms with E-state index >= 15 is 0 Å². The molecule has 3 aromatic rings. The second-order valence-corrected chi connectivity index (χ2v) is 6.13. The van der Waals surface area contributed by atoms with E-state index in [0.29, 0.717) is 25.5 Å². The summed E-state index contributed by atoms with van der Waals surface area (Å²) in [5.41, 5.74) is 2.81. The van der Waals surface area contributed by atoms with Gasteiger partial charge in [-0.1, -0.05) is 30.3 Å². The molecular formula is C21H22N2O4. The zero-order chi connectivity index (χ0) is 19.1. The Morgan fingerprint density at radius 1 is 1.19 bits per heavy atom. The molecule has 2 N–H and O–H groups in total. The van der Waals surface area contributed by atoms with Crippen molar-refractivity contribution in [2.45, 2.75) is 19.9 Å². The summed E-state index contributed by atoms with van der Waals surface area (Å²) in [5, 5.41) is 11.5. The van der Waals surface area contributed by atoms with E-state index in [1.165, 1.54) is 0 Å². The molecule has 0 unspecified atom stereocenters. The third kappa shape index (κ3) is 5.43. The molecule has 0 spiro atoms. The molecule has 1 aromatic heterocycles. The maximum atomic E-state index is 10.6. The van der Waals surface area contributed by atoms with Crippen molar-refractivity contribution in [3.63, 3.8) is 0 Å². The Bertz CT molecular complexity index is 890. The fourth-order valence-electron chi connectivity index (χ4n) is 2.69.